The van der Waals surface area contributed by atoms with E-state index in [1.807, 2.05) is 36.7 Å². The molecule has 1 atom stereocenters. The first kappa shape index (κ1) is 18.9. The smallest absolute Gasteiger partial charge is 0.347 e. The average molecular weight is 342 g/mol. The van der Waals surface area contributed by atoms with Crippen molar-refractivity contribution in [2.75, 3.05) is 6.61 Å². The lowest BCUT2D eigenvalue weighted by Gasteiger charge is -2.13. The van der Waals surface area contributed by atoms with Crippen molar-refractivity contribution in [1.29, 1.82) is 0 Å². The number of hydrogen-bond donors (Lipinski definition) is 0. The van der Waals surface area contributed by atoms with Crippen molar-refractivity contribution in [1.82, 2.24) is 9.97 Å². The first-order chi connectivity index (χ1) is 12.1. The van der Waals surface area contributed by atoms with Crippen molar-refractivity contribution in [3.63, 3.8) is 0 Å². The van der Waals surface area contributed by atoms with Gasteiger partial charge in [-0.2, -0.15) is 0 Å². The SMILES string of the molecule is CCCCCc1cnc(-c2ccc(OC(C)C(=O)OCC)cc2)nc1. The van der Waals surface area contributed by atoms with E-state index in [4.69, 9.17) is 9.47 Å². The zero-order chi connectivity index (χ0) is 18.1. The molecule has 0 aliphatic rings. The van der Waals surface area contributed by atoms with Crippen LogP contribution in [-0.2, 0) is 16.0 Å². The normalized spacial score (nSPS) is 11.8. The quantitative estimate of drug-likeness (QED) is 0.505. The highest BCUT2D eigenvalue weighted by Gasteiger charge is 2.15. The average Bonchev–Trinajstić information content (AvgIpc) is 2.63. The van der Waals surface area contributed by atoms with Gasteiger partial charge in [0.15, 0.2) is 11.9 Å². The predicted molar refractivity (Wildman–Crippen MR) is 97.4 cm³/mol. The lowest BCUT2D eigenvalue weighted by Crippen LogP contribution is -2.25. The number of hydrogen-bond acceptors (Lipinski definition) is 5. The van der Waals surface area contributed by atoms with Crippen molar-refractivity contribution in [3.8, 4) is 17.1 Å². The first-order valence-electron chi connectivity index (χ1n) is 8.88. The Balaban J connectivity index is 1.96. The summed E-state index contributed by atoms with van der Waals surface area (Å²) in [6.07, 6.45) is 7.78. The predicted octanol–water partition coefficient (Wildman–Crippen LogP) is 4.21. The Labute approximate surface area is 149 Å². The van der Waals surface area contributed by atoms with E-state index < -0.39 is 6.10 Å². The van der Waals surface area contributed by atoms with Gasteiger partial charge in [0.2, 0.25) is 0 Å². The third kappa shape index (κ3) is 5.85. The van der Waals surface area contributed by atoms with Crippen LogP contribution in [0.5, 0.6) is 5.75 Å². The molecule has 0 N–H and O–H groups in total. The van der Waals surface area contributed by atoms with Gasteiger partial charge in [0, 0.05) is 18.0 Å². The number of rotatable bonds is 9. The van der Waals surface area contributed by atoms with Gasteiger partial charge < -0.3 is 9.47 Å². The van der Waals surface area contributed by atoms with Gasteiger partial charge >= 0.3 is 5.97 Å². The minimum atomic E-state index is -0.635. The number of carbonyl (C=O) groups excluding carboxylic acids is 1. The molecule has 0 aliphatic carbocycles. The largest absolute Gasteiger partial charge is 0.479 e. The molecule has 0 amide bonds. The van der Waals surface area contributed by atoms with E-state index in [1.54, 1.807) is 13.8 Å². The summed E-state index contributed by atoms with van der Waals surface area (Å²) in [6.45, 7) is 5.98. The van der Waals surface area contributed by atoms with Crippen LogP contribution < -0.4 is 4.74 Å². The van der Waals surface area contributed by atoms with Crippen molar-refractivity contribution in [2.45, 2.75) is 52.6 Å². The maximum absolute atomic E-state index is 11.6. The molecule has 134 valence electrons. The summed E-state index contributed by atoms with van der Waals surface area (Å²) in [4.78, 5) is 20.5. The van der Waals surface area contributed by atoms with Crippen LogP contribution in [0.2, 0.25) is 0 Å². The first-order valence-corrected chi connectivity index (χ1v) is 8.88. The van der Waals surface area contributed by atoms with Gasteiger partial charge in [0.05, 0.1) is 6.61 Å². The number of esters is 1. The Hall–Kier alpha value is -2.43. The number of ether oxygens (including phenoxy) is 2. The number of aryl methyl sites for hydroxylation is 1. The fourth-order valence-corrected chi connectivity index (χ4v) is 2.41. The molecule has 5 nitrogen and oxygen atoms in total. The van der Waals surface area contributed by atoms with E-state index in [0.29, 0.717) is 18.2 Å². The fraction of sp³-hybridized carbons (Fsp3) is 0.450. The molecule has 2 aromatic rings. The molecule has 2 rings (SSSR count). The maximum Gasteiger partial charge on any atom is 0.347 e. The molecule has 0 fully saturated rings. The van der Waals surface area contributed by atoms with Gasteiger partial charge in [-0.15, -0.1) is 0 Å². The van der Waals surface area contributed by atoms with Crippen LogP contribution in [0.1, 0.15) is 45.6 Å². The highest BCUT2D eigenvalue weighted by Crippen LogP contribution is 2.20. The van der Waals surface area contributed by atoms with Gasteiger partial charge in [0.1, 0.15) is 5.75 Å². The van der Waals surface area contributed by atoms with E-state index in [1.165, 1.54) is 24.8 Å². The molecular weight excluding hydrogens is 316 g/mol. The van der Waals surface area contributed by atoms with Crippen molar-refractivity contribution in [3.05, 3.63) is 42.2 Å². The number of benzene rings is 1. The molecule has 5 heteroatoms. The highest BCUT2D eigenvalue weighted by atomic mass is 16.6. The summed E-state index contributed by atoms with van der Waals surface area (Å²) in [5.41, 5.74) is 2.08. The van der Waals surface area contributed by atoms with Crippen LogP contribution in [0.25, 0.3) is 11.4 Å². The van der Waals surface area contributed by atoms with Gasteiger partial charge in [-0.05, 0) is 56.5 Å². The van der Waals surface area contributed by atoms with Gasteiger partial charge in [0.25, 0.3) is 0 Å². The molecule has 1 unspecified atom stereocenters. The van der Waals surface area contributed by atoms with Gasteiger partial charge in [-0.25, -0.2) is 14.8 Å². The second-order valence-corrected chi connectivity index (χ2v) is 5.91. The van der Waals surface area contributed by atoms with E-state index >= 15 is 0 Å². The minimum absolute atomic E-state index is 0.344. The lowest BCUT2D eigenvalue weighted by atomic mass is 10.1. The summed E-state index contributed by atoms with van der Waals surface area (Å²) < 4.78 is 10.5. The molecule has 0 aliphatic heterocycles. The summed E-state index contributed by atoms with van der Waals surface area (Å²) in [7, 11) is 0. The van der Waals surface area contributed by atoms with E-state index in [-0.39, 0.29) is 5.97 Å². The van der Waals surface area contributed by atoms with Crippen molar-refractivity contribution >= 4 is 5.97 Å². The summed E-state index contributed by atoms with van der Waals surface area (Å²) in [6, 6.07) is 7.39. The molecule has 1 heterocycles. The van der Waals surface area contributed by atoms with Crippen LogP contribution in [0.4, 0.5) is 0 Å². The van der Waals surface area contributed by atoms with Crippen LogP contribution in [-0.4, -0.2) is 28.6 Å². The number of aromatic nitrogens is 2. The molecule has 0 radical (unpaired) electrons. The lowest BCUT2D eigenvalue weighted by molar-refractivity contribution is -0.150. The third-order valence-corrected chi connectivity index (χ3v) is 3.82. The standard InChI is InChI=1S/C20H26N2O3/c1-4-6-7-8-16-13-21-19(22-14-16)17-9-11-18(12-10-17)25-15(3)20(23)24-5-2/h9-15H,4-8H2,1-3H3. The van der Waals surface area contributed by atoms with Crippen LogP contribution >= 0.6 is 0 Å². The number of carbonyl (C=O) groups is 1. The van der Waals surface area contributed by atoms with Gasteiger partial charge in [-0.1, -0.05) is 19.8 Å². The minimum Gasteiger partial charge on any atom is -0.479 e. The molecule has 0 saturated carbocycles. The molecule has 25 heavy (non-hydrogen) atoms. The zero-order valence-corrected chi connectivity index (χ0v) is 15.2. The molecule has 1 aromatic carbocycles. The van der Waals surface area contributed by atoms with Crippen molar-refractivity contribution in [2.24, 2.45) is 0 Å². The van der Waals surface area contributed by atoms with Gasteiger partial charge in [-0.3, -0.25) is 0 Å². The summed E-state index contributed by atoms with van der Waals surface area (Å²) in [5.74, 6) is 0.929. The number of nitrogens with zero attached hydrogens (tertiary/aromatic N) is 2. The van der Waals surface area contributed by atoms with Crippen molar-refractivity contribution < 1.29 is 14.3 Å². The Morgan fingerprint density at radius 3 is 2.36 bits per heavy atom. The molecular formula is C20H26N2O3. The zero-order valence-electron chi connectivity index (χ0n) is 15.2. The fourth-order valence-electron chi connectivity index (χ4n) is 2.41. The second kappa shape index (κ2) is 9.77. The monoisotopic (exact) mass is 342 g/mol. The van der Waals surface area contributed by atoms with E-state index in [9.17, 15) is 4.79 Å². The van der Waals surface area contributed by atoms with E-state index in [0.717, 1.165) is 12.0 Å². The Kier molecular flexibility index (Phi) is 7.38. The third-order valence-electron chi connectivity index (χ3n) is 3.82. The van der Waals surface area contributed by atoms with Crippen LogP contribution in [0.15, 0.2) is 36.7 Å². The topological polar surface area (TPSA) is 61.3 Å². The van der Waals surface area contributed by atoms with Crippen LogP contribution in [0.3, 0.4) is 0 Å². The summed E-state index contributed by atoms with van der Waals surface area (Å²) in [5, 5.41) is 0. The van der Waals surface area contributed by atoms with Crippen LogP contribution in [0, 0.1) is 0 Å². The Bertz CT molecular complexity index is 654. The molecule has 1 aromatic heterocycles. The Morgan fingerprint density at radius 1 is 1.08 bits per heavy atom. The molecule has 0 saturated heterocycles. The van der Waals surface area contributed by atoms with E-state index in [2.05, 4.69) is 16.9 Å². The maximum atomic E-state index is 11.6. The second-order valence-electron chi connectivity index (χ2n) is 5.91. The molecule has 0 bridgehead atoms. The molecule has 0 spiro atoms. The Morgan fingerprint density at radius 2 is 1.76 bits per heavy atom. The summed E-state index contributed by atoms with van der Waals surface area (Å²) >= 11 is 0. The highest BCUT2D eigenvalue weighted by molar-refractivity contribution is 5.74. The number of unbranched alkanes of at least 4 members (excludes halogenated alkanes) is 2.